The van der Waals surface area contributed by atoms with E-state index in [4.69, 9.17) is 16.3 Å². The van der Waals surface area contributed by atoms with Crippen LogP contribution in [0.5, 0.6) is 5.75 Å². The zero-order valence-electron chi connectivity index (χ0n) is 7.38. The molecule has 14 heavy (non-hydrogen) atoms. The quantitative estimate of drug-likeness (QED) is 0.847. The maximum atomic E-state index is 11.3. The molecule has 0 heterocycles. The monoisotopic (exact) mass is 278 g/mol. The molecule has 0 radical (unpaired) electrons. The van der Waals surface area contributed by atoms with Crippen LogP contribution in [-0.2, 0) is 4.74 Å². The number of halogens is 2. The van der Waals surface area contributed by atoms with Crippen LogP contribution in [0.3, 0.4) is 0 Å². The van der Waals surface area contributed by atoms with Crippen LogP contribution in [0.15, 0.2) is 16.6 Å². The number of benzene rings is 1. The van der Waals surface area contributed by atoms with Crippen molar-refractivity contribution in [3.63, 3.8) is 0 Å². The Morgan fingerprint density at radius 2 is 2.29 bits per heavy atom. The Morgan fingerprint density at radius 1 is 1.64 bits per heavy atom. The summed E-state index contributed by atoms with van der Waals surface area (Å²) in [6, 6.07) is 2.82. The van der Waals surface area contributed by atoms with E-state index in [1.54, 1.807) is 6.92 Å². The van der Waals surface area contributed by atoms with E-state index >= 15 is 0 Å². The average molecular weight is 280 g/mol. The van der Waals surface area contributed by atoms with Crippen LogP contribution < -0.4 is 0 Å². The number of rotatable bonds is 2. The summed E-state index contributed by atoms with van der Waals surface area (Å²) >= 11 is 8.75. The van der Waals surface area contributed by atoms with Gasteiger partial charge in [-0.1, -0.05) is 11.6 Å². The minimum Gasteiger partial charge on any atom is -0.505 e. The van der Waals surface area contributed by atoms with Crippen molar-refractivity contribution in [1.29, 1.82) is 0 Å². The summed E-state index contributed by atoms with van der Waals surface area (Å²) in [5.74, 6) is -0.546. The second-order valence-corrected chi connectivity index (χ2v) is 3.77. The highest BCUT2D eigenvalue weighted by atomic mass is 79.9. The van der Waals surface area contributed by atoms with Crippen molar-refractivity contribution in [2.75, 3.05) is 6.61 Å². The molecule has 1 aromatic carbocycles. The van der Waals surface area contributed by atoms with E-state index in [1.165, 1.54) is 12.1 Å². The molecular weight excluding hydrogens is 271 g/mol. The first kappa shape index (κ1) is 11.3. The number of phenolic OH excluding ortho intramolecular Hbond substituents is 1. The minimum absolute atomic E-state index is 0.0836. The summed E-state index contributed by atoms with van der Waals surface area (Å²) in [5.41, 5.74) is 0.307. The number of ether oxygens (including phenoxy) is 1. The molecule has 1 aromatic rings. The van der Waals surface area contributed by atoms with Crippen molar-refractivity contribution in [3.8, 4) is 5.75 Å². The molecular formula is C9H8BrClO3. The molecule has 0 fully saturated rings. The molecule has 0 aliphatic carbocycles. The van der Waals surface area contributed by atoms with Crippen molar-refractivity contribution >= 4 is 33.5 Å². The lowest BCUT2D eigenvalue weighted by Gasteiger charge is -2.04. The zero-order valence-corrected chi connectivity index (χ0v) is 9.72. The first-order valence-corrected chi connectivity index (χ1v) is 5.08. The van der Waals surface area contributed by atoms with Crippen LogP contribution in [0, 0.1) is 0 Å². The van der Waals surface area contributed by atoms with Gasteiger partial charge in [0.15, 0.2) is 0 Å². The largest absolute Gasteiger partial charge is 0.505 e. The highest BCUT2D eigenvalue weighted by molar-refractivity contribution is 9.10. The summed E-state index contributed by atoms with van der Waals surface area (Å²) in [5, 5.41) is 9.42. The van der Waals surface area contributed by atoms with Crippen LogP contribution in [0.25, 0.3) is 0 Å². The smallest absolute Gasteiger partial charge is 0.338 e. The number of esters is 1. The Hall–Kier alpha value is -0.740. The molecule has 0 aliphatic rings. The van der Waals surface area contributed by atoms with Gasteiger partial charge in [-0.25, -0.2) is 4.79 Å². The number of hydrogen-bond donors (Lipinski definition) is 1. The van der Waals surface area contributed by atoms with Gasteiger partial charge in [0.1, 0.15) is 5.75 Å². The summed E-state index contributed by atoms with van der Waals surface area (Å²) in [4.78, 5) is 11.3. The van der Waals surface area contributed by atoms with E-state index in [1.807, 2.05) is 0 Å². The summed E-state index contributed by atoms with van der Waals surface area (Å²) in [6.07, 6.45) is 0. The van der Waals surface area contributed by atoms with Crippen LogP contribution in [-0.4, -0.2) is 17.7 Å². The van der Waals surface area contributed by atoms with Crippen molar-refractivity contribution in [1.82, 2.24) is 0 Å². The van der Waals surface area contributed by atoms with Gasteiger partial charge in [0.05, 0.1) is 21.7 Å². The number of phenols is 1. The third-order valence-electron chi connectivity index (χ3n) is 1.53. The lowest BCUT2D eigenvalue weighted by atomic mass is 10.2. The predicted molar refractivity (Wildman–Crippen MR) is 56.8 cm³/mol. The topological polar surface area (TPSA) is 46.5 Å². The molecule has 0 aliphatic heterocycles. The minimum atomic E-state index is -0.463. The Labute approximate surface area is 94.8 Å². The second-order valence-electron chi connectivity index (χ2n) is 2.51. The first-order valence-electron chi connectivity index (χ1n) is 3.91. The van der Waals surface area contributed by atoms with Crippen LogP contribution in [0.4, 0.5) is 0 Å². The summed E-state index contributed by atoms with van der Waals surface area (Å²) in [6.45, 7) is 2.02. The maximum Gasteiger partial charge on any atom is 0.338 e. The molecule has 0 bridgehead atoms. The highest BCUT2D eigenvalue weighted by Gasteiger charge is 2.12. The van der Waals surface area contributed by atoms with E-state index in [0.29, 0.717) is 16.6 Å². The first-order chi connectivity index (χ1) is 6.56. The molecule has 0 aromatic heterocycles. The fourth-order valence-corrected chi connectivity index (χ4v) is 1.69. The van der Waals surface area contributed by atoms with Gasteiger partial charge in [-0.05, 0) is 35.0 Å². The Balaban J connectivity index is 3.06. The molecule has 0 amide bonds. The third-order valence-corrected chi connectivity index (χ3v) is 2.42. The third kappa shape index (κ3) is 2.39. The number of aromatic hydroxyl groups is 1. The summed E-state index contributed by atoms with van der Waals surface area (Å²) in [7, 11) is 0. The van der Waals surface area contributed by atoms with Gasteiger partial charge >= 0.3 is 5.97 Å². The molecule has 0 saturated carbocycles. The predicted octanol–water partition coefficient (Wildman–Crippen LogP) is 2.98. The van der Waals surface area contributed by atoms with E-state index < -0.39 is 5.97 Å². The van der Waals surface area contributed by atoms with Gasteiger partial charge in [-0.15, -0.1) is 0 Å². The lowest BCUT2D eigenvalue weighted by molar-refractivity contribution is 0.0526. The van der Waals surface area contributed by atoms with Crippen LogP contribution in [0.2, 0.25) is 5.02 Å². The van der Waals surface area contributed by atoms with Gasteiger partial charge in [-0.3, -0.25) is 0 Å². The molecule has 0 atom stereocenters. The van der Waals surface area contributed by atoms with E-state index in [0.717, 1.165) is 0 Å². The summed E-state index contributed by atoms with van der Waals surface area (Å²) < 4.78 is 5.15. The average Bonchev–Trinajstić information content (AvgIpc) is 2.13. The van der Waals surface area contributed by atoms with Crippen LogP contribution >= 0.6 is 27.5 Å². The van der Waals surface area contributed by atoms with Crippen molar-refractivity contribution < 1.29 is 14.6 Å². The van der Waals surface area contributed by atoms with Gasteiger partial charge < -0.3 is 9.84 Å². The zero-order chi connectivity index (χ0) is 10.7. The normalized spacial score (nSPS) is 9.93. The number of carbonyl (C=O) groups excluding carboxylic acids is 1. The van der Waals surface area contributed by atoms with Crippen molar-refractivity contribution in [2.45, 2.75) is 6.92 Å². The molecule has 3 nitrogen and oxygen atoms in total. The molecule has 5 heteroatoms. The van der Waals surface area contributed by atoms with Gasteiger partial charge in [0.2, 0.25) is 0 Å². The van der Waals surface area contributed by atoms with Gasteiger partial charge in [0.25, 0.3) is 0 Å². The lowest BCUT2D eigenvalue weighted by Crippen LogP contribution is -2.04. The number of carbonyl (C=O) groups is 1. The van der Waals surface area contributed by atoms with Gasteiger partial charge in [0, 0.05) is 0 Å². The van der Waals surface area contributed by atoms with Crippen molar-refractivity contribution in [3.05, 3.63) is 27.2 Å². The molecule has 1 N–H and O–H groups in total. The molecule has 1 rings (SSSR count). The number of hydrogen-bond acceptors (Lipinski definition) is 3. The molecule has 76 valence electrons. The van der Waals surface area contributed by atoms with E-state index in [9.17, 15) is 9.90 Å². The van der Waals surface area contributed by atoms with E-state index in [2.05, 4.69) is 15.9 Å². The van der Waals surface area contributed by atoms with Gasteiger partial charge in [-0.2, -0.15) is 0 Å². The fourth-order valence-electron chi connectivity index (χ4n) is 0.898. The standard InChI is InChI=1S/C9H8BrClO3/c1-2-14-9(13)5-3-6(10)8(12)7(11)4-5/h3-4,12H,2H2,1H3. The fraction of sp³-hybridized carbons (Fsp3) is 0.222. The Bertz CT molecular complexity index is 342. The second kappa shape index (κ2) is 4.66. The van der Waals surface area contributed by atoms with Crippen molar-refractivity contribution in [2.24, 2.45) is 0 Å². The molecule has 0 spiro atoms. The maximum absolute atomic E-state index is 11.3. The van der Waals surface area contributed by atoms with E-state index in [-0.39, 0.29) is 10.8 Å². The molecule has 0 unspecified atom stereocenters. The Morgan fingerprint density at radius 3 is 2.79 bits per heavy atom. The molecule has 0 saturated heterocycles. The highest BCUT2D eigenvalue weighted by Crippen LogP contribution is 2.33. The SMILES string of the molecule is CCOC(=O)c1cc(Cl)c(O)c(Br)c1. The van der Waals surface area contributed by atoms with Crippen LogP contribution in [0.1, 0.15) is 17.3 Å². The Kier molecular flexibility index (Phi) is 3.77.